The first kappa shape index (κ1) is 33.0. The second-order valence-corrected chi connectivity index (χ2v) is 13.2. The average molecular weight is 628 g/mol. The third-order valence-electron chi connectivity index (χ3n) is 9.03. The van der Waals surface area contributed by atoms with Crippen molar-refractivity contribution in [2.24, 2.45) is 0 Å². The van der Waals surface area contributed by atoms with E-state index in [1.807, 2.05) is 65.8 Å². The van der Waals surface area contributed by atoms with Gasteiger partial charge in [0.15, 0.2) is 0 Å². The zero-order chi connectivity index (χ0) is 33.2. The van der Waals surface area contributed by atoms with Crippen LogP contribution in [0.3, 0.4) is 0 Å². The quantitative estimate of drug-likeness (QED) is 0.289. The van der Waals surface area contributed by atoms with Crippen molar-refractivity contribution in [2.75, 3.05) is 44.2 Å². The Morgan fingerprint density at radius 2 is 1.41 bits per heavy atom. The molecular formula is C37H45N3O6. The molecule has 1 aliphatic heterocycles. The maximum absolute atomic E-state index is 13.3. The molecule has 0 radical (unpaired) electrons. The van der Waals surface area contributed by atoms with Crippen LogP contribution in [0.5, 0.6) is 0 Å². The number of ether oxygens (including phenoxy) is 2. The van der Waals surface area contributed by atoms with Crippen LogP contribution in [0.25, 0.3) is 11.1 Å². The van der Waals surface area contributed by atoms with Crippen molar-refractivity contribution in [2.45, 2.75) is 66.0 Å². The molecule has 0 spiro atoms. The number of hydrogen-bond acceptors (Lipinski definition) is 7. The van der Waals surface area contributed by atoms with Crippen LogP contribution < -0.4 is 10.2 Å². The number of piperazine rings is 1. The number of nitrogens with zero attached hydrogens (tertiary/aromatic N) is 2. The molecule has 1 amide bonds. The Balaban J connectivity index is 1.27. The van der Waals surface area contributed by atoms with Gasteiger partial charge >= 0.3 is 18.0 Å². The van der Waals surface area contributed by atoms with Crippen LogP contribution in [-0.4, -0.2) is 73.0 Å². The number of benzene rings is 3. The maximum Gasteiger partial charge on any atom is 0.409 e. The smallest absolute Gasteiger partial charge is 0.409 e. The molecule has 0 aromatic heterocycles. The molecule has 0 bridgehead atoms. The third kappa shape index (κ3) is 7.04. The van der Waals surface area contributed by atoms with E-state index in [9.17, 15) is 19.5 Å². The van der Waals surface area contributed by atoms with Crippen LogP contribution >= 0.6 is 0 Å². The van der Waals surface area contributed by atoms with E-state index < -0.39 is 11.6 Å². The fourth-order valence-electron chi connectivity index (χ4n) is 6.93. The van der Waals surface area contributed by atoms with Crippen molar-refractivity contribution in [3.63, 3.8) is 0 Å². The number of carbonyl (C=O) groups is 3. The lowest BCUT2D eigenvalue weighted by molar-refractivity contribution is -0.153. The molecule has 46 heavy (non-hydrogen) atoms. The second-order valence-electron chi connectivity index (χ2n) is 13.2. The molecule has 2 aliphatic rings. The van der Waals surface area contributed by atoms with E-state index in [1.165, 1.54) is 22.3 Å². The minimum absolute atomic E-state index is 0.00509. The van der Waals surface area contributed by atoms with Crippen LogP contribution in [0.1, 0.15) is 65.6 Å². The van der Waals surface area contributed by atoms with Gasteiger partial charge in [-0.25, -0.2) is 4.79 Å². The number of carbonyl (C=O) groups excluding carboxylic acids is 2. The highest BCUT2D eigenvalue weighted by atomic mass is 16.6. The van der Waals surface area contributed by atoms with Crippen LogP contribution in [0.2, 0.25) is 0 Å². The Kier molecular flexibility index (Phi) is 9.72. The van der Waals surface area contributed by atoms with Crippen molar-refractivity contribution in [1.29, 1.82) is 0 Å². The van der Waals surface area contributed by atoms with Crippen LogP contribution in [0.4, 0.5) is 10.5 Å². The monoisotopic (exact) mass is 627 g/mol. The summed E-state index contributed by atoms with van der Waals surface area (Å²) in [5.41, 5.74) is 9.80. The number of anilines is 1. The van der Waals surface area contributed by atoms with E-state index >= 15 is 0 Å². The molecule has 3 aromatic rings. The Labute approximate surface area is 271 Å². The predicted molar refractivity (Wildman–Crippen MR) is 178 cm³/mol. The van der Waals surface area contributed by atoms with E-state index in [0.717, 1.165) is 33.5 Å². The standard InChI is InChI=1S/C37H45N3O6/c1-23-30(19-33(41)42)24(2)35(25(3)31(23)20-38-21-34(43)46-37(4,5)6)39-15-17-40(18-16-39)36(44)45-22-32-28-13-9-7-11-26(28)27-12-8-10-14-29(27)32/h7-14,32,38H,15-22H2,1-6H3,(H,41,42). The Hall–Kier alpha value is -4.37. The summed E-state index contributed by atoms with van der Waals surface area (Å²) in [4.78, 5) is 41.4. The molecular weight excluding hydrogens is 582 g/mol. The van der Waals surface area contributed by atoms with Gasteiger partial charge < -0.3 is 29.7 Å². The number of esters is 1. The highest BCUT2D eigenvalue weighted by Crippen LogP contribution is 2.44. The van der Waals surface area contributed by atoms with Gasteiger partial charge in [-0.3, -0.25) is 9.59 Å². The van der Waals surface area contributed by atoms with Crippen molar-refractivity contribution < 1.29 is 29.0 Å². The minimum Gasteiger partial charge on any atom is -0.481 e. The molecule has 5 rings (SSSR count). The number of fused-ring (bicyclic) bond motifs is 3. The van der Waals surface area contributed by atoms with Crippen molar-refractivity contribution in [3.8, 4) is 11.1 Å². The van der Waals surface area contributed by atoms with Crippen molar-refractivity contribution in [1.82, 2.24) is 10.2 Å². The summed E-state index contributed by atoms with van der Waals surface area (Å²) < 4.78 is 11.3. The summed E-state index contributed by atoms with van der Waals surface area (Å²) in [5, 5.41) is 12.9. The molecule has 244 valence electrons. The van der Waals surface area contributed by atoms with E-state index in [4.69, 9.17) is 9.47 Å². The average Bonchev–Trinajstić information content (AvgIpc) is 3.32. The number of carboxylic acids is 1. The summed E-state index contributed by atoms with van der Waals surface area (Å²) in [6.45, 7) is 14.3. The first-order valence-corrected chi connectivity index (χ1v) is 16.0. The fourth-order valence-corrected chi connectivity index (χ4v) is 6.93. The minimum atomic E-state index is -0.895. The van der Waals surface area contributed by atoms with Crippen LogP contribution in [0, 0.1) is 20.8 Å². The fraction of sp³-hybridized carbons (Fsp3) is 0.432. The zero-order valence-electron chi connectivity index (χ0n) is 27.7. The van der Waals surface area contributed by atoms with Gasteiger partial charge in [-0.15, -0.1) is 0 Å². The molecule has 0 saturated carbocycles. The predicted octanol–water partition coefficient (Wildman–Crippen LogP) is 5.74. The summed E-state index contributed by atoms with van der Waals surface area (Å²) in [5.74, 6) is -1.23. The lowest BCUT2D eigenvalue weighted by Crippen LogP contribution is -2.49. The molecule has 1 heterocycles. The van der Waals surface area contributed by atoms with E-state index in [-0.39, 0.29) is 37.6 Å². The van der Waals surface area contributed by atoms with Gasteiger partial charge in [0, 0.05) is 44.3 Å². The van der Waals surface area contributed by atoms with Crippen LogP contribution in [0.15, 0.2) is 48.5 Å². The third-order valence-corrected chi connectivity index (χ3v) is 9.03. The molecule has 0 atom stereocenters. The first-order chi connectivity index (χ1) is 21.9. The van der Waals surface area contributed by atoms with E-state index in [1.54, 1.807) is 4.90 Å². The zero-order valence-corrected chi connectivity index (χ0v) is 27.7. The normalized spacial score (nSPS) is 14.6. The molecule has 1 aliphatic carbocycles. The molecule has 0 unspecified atom stereocenters. The lowest BCUT2D eigenvalue weighted by atomic mass is 9.88. The van der Waals surface area contributed by atoms with Gasteiger partial charge in [-0.2, -0.15) is 0 Å². The summed E-state index contributed by atoms with van der Waals surface area (Å²) in [7, 11) is 0. The second kappa shape index (κ2) is 13.5. The molecule has 9 nitrogen and oxygen atoms in total. The largest absolute Gasteiger partial charge is 0.481 e. The van der Waals surface area contributed by atoms with Crippen molar-refractivity contribution >= 4 is 23.7 Å². The summed E-state index contributed by atoms with van der Waals surface area (Å²) >= 11 is 0. The Morgan fingerprint density at radius 3 is 1.98 bits per heavy atom. The Bertz CT molecular complexity index is 1590. The number of rotatable bonds is 9. The maximum atomic E-state index is 13.3. The number of hydrogen-bond donors (Lipinski definition) is 2. The molecule has 3 aromatic carbocycles. The van der Waals surface area contributed by atoms with E-state index in [0.29, 0.717) is 32.7 Å². The van der Waals surface area contributed by atoms with Crippen molar-refractivity contribution in [3.05, 3.63) is 87.5 Å². The van der Waals surface area contributed by atoms with Gasteiger partial charge in [0.1, 0.15) is 12.2 Å². The van der Waals surface area contributed by atoms with Gasteiger partial charge in [0.2, 0.25) is 0 Å². The Morgan fingerprint density at radius 1 is 0.848 bits per heavy atom. The lowest BCUT2D eigenvalue weighted by Gasteiger charge is -2.38. The van der Waals surface area contributed by atoms with Gasteiger partial charge in [0.25, 0.3) is 0 Å². The summed E-state index contributed by atoms with van der Waals surface area (Å²) in [6, 6.07) is 16.6. The van der Waals surface area contributed by atoms with Gasteiger partial charge in [0.05, 0.1) is 13.0 Å². The molecule has 1 fully saturated rings. The first-order valence-electron chi connectivity index (χ1n) is 16.0. The van der Waals surface area contributed by atoms with Crippen LogP contribution in [-0.2, 0) is 32.0 Å². The van der Waals surface area contributed by atoms with Gasteiger partial charge in [-0.05, 0) is 91.6 Å². The van der Waals surface area contributed by atoms with Gasteiger partial charge in [-0.1, -0.05) is 48.5 Å². The molecule has 9 heteroatoms. The highest BCUT2D eigenvalue weighted by Gasteiger charge is 2.31. The number of nitrogens with one attached hydrogen (secondary N) is 1. The SMILES string of the molecule is Cc1c(CNCC(=O)OC(C)(C)C)c(C)c(N2CCN(C(=O)OCC3c4ccccc4-c4ccccc43)CC2)c(C)c1CC(=O)O. The number of carboxylic acid groups (broad SMARTS) is 1. The molecule has 1 saturated heterocycles. The number of aliphatic carboxylic acids is 1. The highest BCUT2D eigenvalue weighted by molar-refractivity contribution is 5.79. The summed E-state index contributed by atoms with van der Waals surface area (Å²) in [6.07, 6.45) is -0.415. The molecule has 2 N–H and O–H groups in total. The van der Waals surface area contributed by atoms with E-state index in [2.05, 4.69) is 34.5 Å². The number of amides is 1. The topological polar surface area (TPSA) is 108 Å².